The maximum absolute atomic E-state index is 12.0. The van der Waals surface area contributed by atoms with Gasteiger partial charge in [-0.2, -0.15) is 5.10 Å². The van der Waals surface area contributed by atoms with Gasteiger partial charge in [-0.05, 0) is 30.3 Å². The summed E-state index contributed by atoms with van der Waals surface area (Å²) in [5.74, 6) is 1.15. The smallest absolute Gasteiger partial charge is 0.319 e. The van der Waals surface area contributed by atoms with Crippen molar-refractivity contribution in [2.75, 3.05) is 26.1 Å². The van der Waals surface area contributed by atoms with Crippen molar-refractivity contribution in [1.29, 1.82) is 0 Å². The number of methoxy groups -OCH3 is 2. The van der Waals surface area contributed by atoms with E-state index >= 15 is 0 Å². The Labute approximate surface area is 157 Å². The number of amides is 2. The van der Waals surface area contributed by atoms with Crippen LogP contribution in [-0.2, 0) is 6.54 Å². The topological polar surface area (TPSA) is 90.3 Å². The summed E-state index contributed by atoms with van der Waals surface area (Å²) in [7, 11) is 3.11. The number of carbonyl (C=O) groups is 1. The van der Waals surface area contributed by atoms with Crippen molar-refractivity contribution in [3.05, 3.63) is 54.9 Å². The van der Waals surface area contributed by atoms with Crippen LogP contribution in [0.2, 0.25) is 0 Å². The third kappa shape index (κ3) is 4.75. The van der Waals surface area contributed by atoms with Gasteiger partial charge in [0.1, 0.15) is 5.69 Å². The molecule has 3 rings (SSSR count). The van der Waals surface area contributed by atoms with Crippen LogP contribution in [0.5, 0.6) is 11.5 Å². The number of carbonyl (C=O) groups excluding carboxylic acids is 1. The van der Waals surface area contributed by atoms with Gasteiger partial charge < -0.3 is 20.1 Å². The normalized spacial score (nSPS) is 10.3. The molecule has 140 valence electrons. The second kappa shape index (κ2) is 8.70. The lowest BCUT2D eigenvalue weighted by Gasteiger charge is -2.11. The van der Waals surface area contributed by atoms with Gasteiger partial charge in [0, 0.05) is 30.7 Å². The molecule has 8 nitrogen and oxygen atoms in total. The minimum Gasteiger partial charge on any atom is -0.493 e. The van der Waals surface area contributed by atoms with E-state index in [2.05, 4.69) is 20.7 Å². The largest absolute Gasteiger partial charge is 0.493 e. The zero-order valence-corrected chi connectivity index (χ0v) is 15.2. The molecular weight excluding hydrogens is 346 g/mol. The number of hydrogen-bond donors (Lipinski definition) is 2. The minimum absolute atomic E-state index is 0.306. The number of nitrogens with zero attached hydrogens (tertiary/aromatic N) is 3. The lowest BCUT2D eigenvalue weighted by Crippen LogP contribution is -2.31. The van der Waals surface area contributed by atoms with Crippen LogP contribution in [-0.4, -0.2) is 41.6 Å². The Bertz CT molecular complexity index is 895. The van der Waals surface area contributed by atoms with Gasteiger partial charge in [-0.1, -0.05) is 6.07 Å². The van der Waals surface area contributed by atoms with E-state index in [0.29, 0.717) is 30.3 Å². The lowest BCUT2D eigenvalue weighted by atomic mass is 10.3. The molecule has 0 aliphatic rings. The first-order chi connectivity index (χ1) is 13.2. The molecule has 0 aliphatic heterocycles. The van der Waals surface area contributed by atoms with Crippen molar-refractivity contribution >= 4 is 11.7 Å². The monoisotopic (exact) mass is 367 g/mol. The van der Waals surface area contributed by atoms with Gasteiger partial charge in [-0.3, -0.25) is 9.67 Å². The van der Waals surface area contributed by atoms with Crippen LogP contribution in [0.25, 0.3) is 11.4 Å². The first-order valence-electron chi connectivity index (χ1n) is 8.41. The number of ether oxygens (including phenoxy) is 2. The number of rotatable bonds is 7. The SMILES string of the molecule is COc1ccc(NC(=O)NCCn2ccc(-c3ccccn3)n2)cc1OC. The second-order valence-corrected chi connectivity index (χ2v) is 5.63. The van der Waals surface area contributed by atoms with Crippen LogP contribution in [0.3, 0.4) is 0 Å². The first kappa shape index (κ1) is 18.2. The second-order valence-electron chi connectivity index (χ2n) is 5.63. The number of pyridine rings is 1. The number of benzene rings is 1. The lowest BCUT2D eigenvalue weighted by molar-refractivity contribution is 0.251. The number of nitrogens with one attached hydrogen (secondary N) is 2. The maximum atomic E-state index is 12.0. The van der Waals surface area contributed by atoms with Crippen molar-refractivity contribution < 1.29 is 14.3 Å². The van der Waals surface area contributed by atoms with Crippen molar-refractivity contribution in [3.63, 3.8) is 0 Å². The molecule has 0 unspecified atom stereocenters. The summed E-state index contributed by atoms with van der Waals surface area (Å²) in [6.45, 7) is 0.981. The van der Waals surface area contributed by atoms with E-state index in [9.17, 15) is 4.79 Å². The molecule has 2 amide bonds. The first-order valence-corrected chi connectivity index (χ1v) is 8.41. The van der Waals surface area contributed by atoms with Gasteiger partial charge in [0.2, 0.25) is 0 Å². The molecular formula is C19H21N5O3. The maximum Gasteiger partial charge on any atom is 0.319 e. The quantitative estimate of drug-likeness (QED) is 0.670. The highest BCUT2D eigenvalue weighted by molar-refractivity contribution is 5.89. The van der Waals surface area contributed by atoms with Gasteiger partial charge in [0.05, 0.1) is 26.5 Å². The average molecular weight is 367 g/mol. The van der Waals surface area contributed by atoms with E-state index in [0.717, 1.165) is 11.4 Å². The van der Waals surface area contributed by atoms with Crippen molar-refractivity contribution in [1.82, 2.24) is 20.1 Å². The Kier molecular flexibility index (Phi) is 5.88. The zero-order valence-electron chi connectivity index (χ0n) is 15.2. The predicted molar refractivity (Wildman–Crippen MR) is 102 cm³/mol. The summed E-state index contributed by atoms with van der Waals surface area (Å²) in [5, 5.41) is 10.0. The van der Waals surface area contributed by atoms with Crippen LogP contribution >= 0.6 is 0 Å². The molecule has 0 spiro atoms. The molecule has 0 radical (unpaired) electrons. The van der Waals surface area contributed by atoms with Crippen LogP contribution in [0.4, 0.5) is 10.5 Å². The molecule has 3 aromatic rings. The third-order valence-electron chi connectivity index (χ3n) is 3.84. The molecule has 2 aromatic heterocycles. The summed E-state index contributed by atoms with van der Waals surface area (Å²) < 4.78 is 12.2. The molecule has 0 bridgehead atoms. The Morgan fingerprint density at radius 2 is 1.93 bits per heavy atom. The van der Waals surface area contributed by atoms with E-state index in [-0.39, 0.29) is 6.03 Å². The summed E-state index contributed by atoms with van der Waals surface area (Å²) in [6, 6.07) is 12.5. The Balaban J connectivity index is 1.49. The van der Waals surface area contributed by atoms with Gasteiger partial charge in [0.15, 0.2) is 11.5 Å². The molecule has 1 aromatic carbocycles. The number of urea groups is 1. The summed E-state index contributed by atoms with van der Waals surface area (Å²) >= 11 is 0. The fourth-order valence-corrected chi connectivity index (χ4v) is 2.51. The molecule has 27 heavy (non-hydrogen) atoms. The number of aromatic nitrogens is 3. The minimum atomic E-state index is -0.306. The van der Waals surface area contributed by atoms with Crippen LogP contribution < -0.4 is 20.1 Å². The van der Waals surface area contributed by atoms with Crippen molar-refractivity contribution in [3.8, 4) is 22.9 Å². The average Bonchev–Trinajstić information content (AvgIpc) is 3.17. The van der Waals surface area contributed by atoms with E-state index in [4.69, 9.17) is 9.47 Å². The fourth-order valence-electron chi connectivity index (χ4n) is 2.51. The molecule has 2 heterocycles. The molecule has 2 N–H and O–H groups in total. The molecule has 8 heteroatoms. The van der Waals surface area contributed by atoms with Crippen LogP contribution in [0.15, 0.2) is 54.9 Å². The predicted octanol–water partition coefficient (Wildman–Crippen LogP) is 2.78. The van der Waals surface area contributed by atoms with E-state index in [1.54, 1.807) is 43.3 Å². The summed E-state index contributed by atoms with van der Waals surface area (Å²) in [6.07, 6.45) is 3.59. The standard InChI is InChI=1S/C19H21N5O3/c1-26-17-7-6-14(13-18(17)27-2)22-19(25)21-10-12-24-11-8-16(23-24)15-5-3-4-9-20-15/h3-9,11,13H,10,12H2,1-2H3,(H2,21,22,25). The molecule has 0 aliphatic carbocycles. The number of hydrogen-bond acceptors (Lipinski definition) is 5. The van der Waals surface area contributed by atoms with Gasteiger partial charge in [-0.15, -0.1) is 0 Å². The zero-order chi connectivity index (χ0) is 19.1. The number of anilines is 1. The molecule has 0 saturated heterocycles. The highest BCUT2D eigenvalue weighted by atomic mass is 16.5. The van der Waals surface area contributed by atoms with E-state index in [1.807, 2.05) is 30.5 Å². The Hall–Kier alpha value is -3.55. The highest BCUT2D eigenvalue weighted by Crippen LogP contribution is 2.29. The Morgan fingerprint density at radius 3 is 2.67 bits per heavy atom. The Morgan fingerprint density at radius 1 is 1.07 bits per heavy atom. The third-order valence-corrected chi connectivity index (χ3v) is 3.84. The van der Waals surface area contributed by atoms with Crippen LogP contribution in [0, 0.1) is 0 Å². The fraction of sp³-hybridized carbons (Fsp3) is 0.211. The van der Waals surface area contributed by atoms with Gasteiger partial charge in [-0.25, -0.2) is 4.79 Å². The molecule has 0 saturated carbocycles. The van der Waals surface area contributed by atoms with Crippen molar-refractivity contribution in [2.45, 2.75) is 6.54 Å². The van der Waals surface area contributed by atoms with Crippen LogP contribution in [0.1, 0.15) is 0 Å². The van der Waals surface area contributed by atoms with E-state index < -0.39 is 0 Å². The highest BCUT2D eigenvalue weighted by Gasteiger charge is 2.07. The summed E-state index contributed by atoms with van der Waals surface area (Å²) in [4.78, 5) is 16.3. The van der Waals surface area contributed by atoms with Gasteiger partial charge >= 0.3 is 6.03 Å². The van der Waals surface area contributed by atoms with Gasteiger partial charge in [0.25, 0.3) is 0 Å². The van der Waals surface area contributed by atoms with E-state index in [1.165, 1.54) is 0 Å². The summed E-state index contributed by atoms with van der Waals surface area (Å²) in [5.41, 5.74) is 2.22. The van der Waals surface area contributed by atoms with Crippen molar-refractivity contribution in [2.24, 2.45) is 0 Å². The molecule has 0 atom stereocenters. The molecule has 0 fully saturated rings.